The number of phenols is 1. The van der Waals surface area contributed by atoms with Crippen LogP contribution in [0.2, 0.25) is 0 Å². The Morgan fingerprint density at radius 3 is 2.07 bits per heavy atom. The molecule has 3 aromatic carbocycles. The topological polar surface area (TPSA) is 77.0 Å². The molecular formula is C23H25NO5. The van der Waals surface area contributed by atoms with E-state index in [4.69, 9.17) is 14.2 Å². The van der Waals surface area contributed by atoms with Crippen LogP contribution in [-0.4, -0.2) is 30.8 Å². The molecule has 0 fully saturated rings. The number of aromatic hydroxyl groups is 1. The Labute approximate surface area is 170 Å². The molecule has 0 heterocycles. The van der Waals surface area contributed by atoms with Gasteiger partial charge in [0.2, 0.25) is 5.75 Å². The van der Waals surface area contributed by atoms with Gasteiger partial charge in [-0.15, -0.1) is 0 Å². The van der Waals surface area contributed by atoms with E-state index in [0.29, 0.717) is 53.7 Å². The van der Waals surface area contributed by atoms with Crippen molar-refractivity contribution in [3.05, 3.63) is 54.1 Å². The Bertz CT molecular complexity index is 988. The fourth-order valence-electron chi connectivity index (χ4n) is 3.12. The van der Waals surface area contributed by atoms with Crippen LogP contribution in [0, 0.1) is 0 Å². The van der Waals surface area contributed by atoms with E-state index in [9.17, 15) is 9.90 Å². The molecule has 2 N–H and O–H groups in total. The summed E-state index contributed by atoms with van der Waals surface area (Å²) in [6.45, 7) is 6.92. The summed E-state index contributed by atoms with van der Waals surface area (Å²) in [7, 11) is 0. The number of hydrogen-bond acceptors (Lipinski definition) is 5. The van der Waals surface area contributed by atoms with Gasteiger partial charge in [0.05, 0.1) is 19.8 Å². The van der Waals surface area contributed by atoms with Crippen LogP contribution in [0.15, 0.2) is 48.5 Å². The van der Waals surface area contributed by atoms with E-state index < -0.39 is 0 Å². The van der Waals surface area contributed by atoms with Crippen molar-refractivity contribution in [3.63, 3.8) is 0 Å². The molecule has 6 nitrogen and oxygen atoms in total. The van der Waals surface area contributed by atoms with Gasteiger partial charge in [0, 0.05) is 22.0 Å². The monoisotopic (exact) mass is 395 g/mol. The molecule has 0 radical (unpaired) electrons. The largest absolute Gasteiger partial charge is 0.507 e. The van der Waals surface area contributed by atoms with Gasteiger partial charge in [-0.05, 0) is 45.0 Å². The second-order valence-electron chi connectivity index (χ2n) is 6.23. The number of phenolic OH excluding ortho intramolecular Hbond substituents is 1. The number of carbonyl (C=O) groups is 1. The number of fused-ring (bicyclic) bond motifs is 1. The van der Waals surface area contributed by atoms with Gasteiger partial charge in [-0.25, -0.2) is 0 Å². The lowest BCUT2D eigenvalue weighted by Gasteiger charge is -2.17. The van der Waals surface area contributed by atoms with Crippen molar-refractivity contribution in [2.45, 2.75) is 20.8 Å². The molecule has 3 aromatic rings. The molecule has 0 saturated carbocycles. The maximum Gasteiger partial charge on any atom is 0.255 e. The number of anilines is 1. The zero-order valence-corrected chi connectivity index (χ0v) is 16.8. The van der Waals surface area contributed by atoms with Gasteiger partial charge in [0.15, 0.2) is 11.5 Å². The van der Waals surface area contributed by atoms with E-state index in [1.54, 1.807) is 42.5 Å². The van der Waals surface area contributed by atoms with Crippen LogP contribution >= 0.6 is 0 Å². The van der Waals surface area contributed by atoms with E-state index in [2.05, 4.69) is 5.32 Å². The van der Waals surface area contributed by atoms with Crippen LogP contribution in [0.4, 0.5) is 5.69 Å². The van der Waals surface area contributed by atoms with Crippen molar-refractivity contribution >= 4 is 22.4 Å². The highest BCUT2D eigenvalue weighted by Gasteiger charge is 2.19. The second-order valence-corrected chi connectivity index (χ2v) is 6.23. The smallest absolute Gasteiger partial charge is 0.255 e. The number of nitrogens with one attached hydrogen (secondary N) is 1. The van der Waals surface area contributed by atoms with E-state index in [1.165, 1.54) is 0 Å². The molecule has 29 heavy (non-hydrogen) atoms. The van der Waals surface area contributed by atoms with E-state index in [0.717, 1.165) is 5.39 Å². The van der Waals surface area contributed by atoms with E-state index >= 15 is 0 Å². The number of rotatable bonds is 8. The maximum atomic E-state index is 13.0. The summed E-state index contributed by atoms with van der Waals surface area (Å²) in [5, 5.41) is 14.4. The average Bonchev–Trinajstić information content (AvgIpc) is 2.71. The van der Waals surface area contributed by atoms with Gasteiger partial charge < -0.3 is 24.6 Å². The molecule has 1 amide bonds. The van der Waals surface area contributed by atoms with Crippen molar-refractivity contribution in [2.24, 2.45) is 0 Å². The lowest BCUT2D eigenvalue weighted by Crippen LogP contribution is -2.13. The summed E-state index contributed by atoms with van der Waals surface area (Å²) >= 11 is 0. The molecule has 0 saturated heterocycles. The molecular weight excluding hydrogens is 370 g/mol. The van der Waals surface area contributed by atoms with Crippen LogP contribution < -0.4 is 19.5 Å². The Morgan fingerprint density at radius 1 is 0.862 bits per heavy atom. The van der Waals surface area contributed by atoms with Gasteiger partial charge in [-0.1, -0.05) is 24.3 Å². The third kappa shape index (κ3) is 4.37. The maximum absolute atomic E-state index is 13.0. The lowest BCUT2D eigenvalue weighted by atomic mass is 10.1. The van der Waals surface area contributed by atoms with Crippen molar-refractivity contribution in [1.29, 1.82) is 0 Å². The number of benzene rings is 3. The van der Waals surface area contributed by atoms with Gasteiger partial charge in [0.1, 0.15) is 5.75 Å². The van der Waals surface area contributed by atoms with Gasteiger partial charge in [0.25, 0.3) is 5.91 Å². The predicted octanol–water partition coefficient (Wildman–Crippen LogP) is 4.99. The molecule has 0 aliphatic rings. The third-order valence-corrected chi connectivity index (χ3v) is 4.32. The molecule has 0 unspecified atom stereocenters. The number of amides is 1. The first-order chi connectivity index (χ1) is 14.1. The normalized spacial score (nSPS) is 10.6. The standard InChI is InChI=1S/C23H25NO5/c1-4-27-20-13-15(14-21(28-5-2)22(20)29-6-3)23(26)24-18-11-7-10-17-16(18)9-8-12-19(17)25/h7-14,25H,4-6H2,1-3H3,(H,24,26). The highest BCUT2D eigenvalue weighted by Crippen LogP contribution is 2.39. The van der Waals surface area contributed by atoms with Crippen LogP contribution in [-0.2, 0) is 0 Å². The molecule has 0 atom stereocenters. The van der Waals surface area contributed by atoms with Gasteiger partial charge >= 0.3 is 0 Å². The number of ether oxygens (including phenoxy) is 3. The van der Waals surface area contributed by atoms with Crippen molar-refractivity contribution in [1.82, 2.24) is 0 Å². The van der Waals surface area contributed by atoms with E-state index in [1.807, 2.05) is 26.8 Å². The molecule has 0 spiro atoms. The summed E-state index contributed by atoms with van der Waals surface area (Å²) in [6.07, 6.45) is 0. The predicted molar refractivity (Wildman–Crippen MR) is 114 cm³/mol. The summed E-state index contributed by atoms with van der Waals surface area (Å²) in [5.41, 5.74) is 0.991. The summed E-state index contributed by atoms with van der Waals surface area (Å²) < 4.78 is 17.1. The molecule has 0 bridgehead atoms. The SMILES string of the molecule is CCOc1cc(C(=O)Nc2cccc3c(O)cccc23)cc(OCC)c1OCC. The Hall–Kier alpha value is -3.41. The highest BCUT2D eigenvalue weighted by atomic mass is 16.5. The second kappa shape index (κ2) is 9.19. The van der Waals surface area contributed by atoms with Crippen LogP contribution in [0.5, 0.6) is 23.0 Å². The third-order valence-electron chi connectivity index (χ3n) is 4.32. The summed E-state index contributed by atoms with van der Waals surface area (Å²) in [4.78, 5) is 13.0. The first kappa shape index (κ1) is 20.3. The quantitative estimate of drug-likeness (QED) is 0.562. The van der Waals surface area contributed by atoms with Crippen LogP contribution in [0.25, 0.3) is 10.8 Å². The highest BCUT2D eigenvalue weighted by molar-refractivity contribution is 6.10. The first-order valence-corrected chi connectivity index (χ1v) is 9.67. The number of hydrogen-bond donors (Lipinski definition) is 2. The summed E-state index contributed by atoms with van der Waals surface area (Å²) in [6, 6.07) is 13.9. The molecule has 152 valence electrons. The number of carbonyl (C=O) groups excluding carboxylic acids is 1. The molecule has 3 rings (SSSR count). The zero-order chi connectivity index (χ0) is 20.8. The minimum Gasteiger partial charge on any atom is -0.507 e. The van der Waals surface area contributed by atoms with Crippen LogP contribution in [0.1, 0.15) is 31.1 Å². The van der Waals surface area contributed by atoms with Crippen LogP contribution in [0.3, 0.4) is 0 Å². The average molecular weight is 395 g/mol. The van der Waals surface area contributed by atoms with Crippen molar-refractivity contribution in [3.8, 4) is 23.0 Å². The molecule has 0 aliphatic heterocycles. The fourth-order valence-corrected chi connectivity index (χ4v) is 3.12. The van der Waals surface area contributed by atoms with Gasteiger partial charge in [-0.3, -0.25) is 4.79 Å². The Balaban J connectivity index is 2.00. The lowest BCUT2D eigenvalue weighted by molar-refractivity contribution is 0.102. The van der Waals surface area contributed by atoms with Gasteiger partial charge in [-0.2, -0.15) is 0 Å². The summed E-state index contributed by atoms with van der Waals surface area (Å²) in [5.74, 6) is 1.26. The van der Waals surface area contributed by atoms with Crippen molar-refractivity contribution in [2.75, 3.05) is 25.1 Å². The zero-order valence-electron chi connectivity index (χ0n) is 16.8. The minimum absolute atomic E-state index is 0.164. The van der Waals surface area contributed by atoms with Crippen molar-refractivity contribution < 1.29 is 24.1 Å². The Morgan fingerprint density at radius 2 is 1.45 bits per heavy atom. The Kier molecular flexibility index (Phi) is 6.44. The molecule has 0 aliphatic carbocycles. The van der Waals surface area contributed by atoms with E-state index in [-0.39, 0.29) is 11.7 Å². The molecule has 0 aromatic heterocycles. The fraction of sp³-hybridized carbons (Fsp3) is 0.261. The minimum atomic E-state index is -0.314. The molecule has 6 heteroatoms. The first-order valence-electron chi connectivity index (χ1n) is 9.67.